The van der Waals surface area contributed by atoms with E-state index in [-0.39, 0.29) is 12.3 Å². The average Bonchev–Trinajstić information content (AvgIpc) is 1.97. The highest BCUT2D eigenvalue weighted by atomic mass is 16.5. The second-order valence-corrected chi connectivity index (χ2v) is 2.12. The predicted molar refractivity (Wildman–Crippen MR) is 40.7 cm³/mol. The summed E-state index contributed by atoms with van der Waals surface area (Å²) in [5.41, 5.74) is 0. The molecule has 0 unspecified atom stereocenters. The number of aliphatic hydroxyl groups is 2. The van der Waals surface area contributed by atoms with E-state index in [2.05, 4.69) is 11.9 Å². The highest BCUT2D eigenvalue weighted by Gasteiger charge is 1.97. The maximum Gasteiger partial charge on any atom is 0.243 e. The molecule has 0 aliphatic heterocycles. The fourth-order valence-corrected chi connectivity index (χ4v) is 0.568. The number of hydrogen-bond acceptors (Lipinski definition) is 3. The molecule has 0 aromatic carbocycles. The van der Waals surface area contributed by atoms with Crippen LogP contribution in [-0.4, -0.2) is 29.0 Å². The summed E-state index contributed by atoms with van der Waals surface area (Å²) in [5, 5.41) is 19.3. The Kier molecular flexibility index (Phi) is 5.42. The fourth-order valence-electron chi connectivity index (χ4n) is 0.568. The van der Waals surface area contributed by atoms with Crippen LogP contribution in [-0.2, 0) is 4.79 Å². The number of carbonyl (C=O) groups excluding carboxylic acids is 1. The molecule has 64 valence electrons. The number of hydrogen-bond donors (Lipinski definition) is 3. The lowest BCUT2D eigenvalue weighted by Gasteiger charge is -2.02. The van der Waals surface area contributed by atoms with E-state index >= 15 is 0 Å². The van der Waals surface area contributed by atoms with Crippen molar-refractivity contribution in [3.8, 4) is 0 Å². The molecule has 3 N–H and O–H groups in total. The molecule has 1 amide bonds. The van der Waals surface area contributed by atoms with Crippen molar-refractivity contribution in [1.82, 2.24) is 5.32 Å². The van der Waals surface area contributed by atoms with E-state index in [1.807, 2.05) is 0 Å². The van der Waals surface area contributed by atoms with Crippen molar-refractivity contribution >= 4 is 5.91 Å². The van der Waals surface area contributed by atoms with Crippen molar-refractivity contribution in [1.29, 1.82) is 0 Å². The van der Waals surface area contributed by atoms with Crippen molar-refractivity contribution in [2.45, 2.75) is 19.1 Å². The van der Waals surface area contributed by atoms with Gasteiger partial charge in [-0.3, -0.25) is 4.79 Å². The van der Waals surface area contributed by atoms with Gasteiger partial charge in [-0.1, -0.05) is 6.58 Å². The van der Waals surface area contributed by atoms with Gasteiger partial charge >= 0.3 is 0 Å². The van der Waals surface area contributed by atoms with Gasteiger partial charge in [-0.15, -0.1) is 0 Å². The summed E-state index contributed by atoms with van der Waals surface area (Å²) < 4.78 is 0. The summed E-state index contributed by atoms with van der Waals surface area (Å²) in [4.78, 5) is 10.5. The van der Waals surface area contributed by atoms with Gasteiger partial charge in [0.1, 0.15) is 0 Å². The Morgan fingerprint density at radius 3 is 2.73 bits per heavy atom. The van der Waals surface area contributed by atoms with Crippen molar-refractivity contribution in [2.75, 3.05) is 6.54 Å². The van der Waals surface area contributed by atoms with Crippen LogP contribution in [0.2, 0.25) is 0 Å². The minimum atomic E-state index is -1.28. The predicted octanol–water partition coefficient (Wildman–Crippen LogP) is -0.621. The molecule has 0 aromatic heterocycles. The maximum atomic E-state index is 10.5. The molecule has 11 heavy (non-hydrogen) atoms. The van der Waals surface area contributed by atoms with Gasteiger partial charge in [0.2, 0.25) is 5.91 Å². The molecule has 0 spiro atoms. The Bertz CT molecular complexity index is 134. The molecule has 0 heterocycles. The molecule has 0 saturated carbocycles. The molecule has 0 atom stereocenters. The molecule has 0 aromatic rings. The highest BCUT2D eigenvalue weighted by molar-refractivity contribution is 5.86. The first-order valence-electron chi connectivity index (χ1n) is 3.43. The van der Waals surface area contributed by atoms with Gasteiger partial charge in [0, 0.05) is 6.54 Å². The summed E-state index contributed by atoms with van der Waals surface area (Å²) in [5.74, 6) is -0.238. The molecule has 4 heteroatoms. The third kappa shape index (κ3) is 7.02. The molecular weight excluding hydrogens is 146 g/mol. The van der Waals surface area contributed by atoms with Gasteiger partial charge in [-0.25, -0.2) is 0 Å². The first kappa shape index (κ1) is 10.1. The topological polar surface area (TPSA) is 69.6 Å². The zero-order chi connectivity index (χ0) is 8.69. The smallest absolute Gasteiger partial charge is 0.243 e. The van der Waals surface area contributed by atoms with Gasteiger partial charge in [0.05, 0.1) is 0 Å². The number of carbonyl (C=O) groups is 1. The van der Waals surface area contributed by atoms with Crippen molar-refractivity contribution in [2.24, 2.45) is 0 Å². The number of aliphatic hydroxyl groups excluding tert-OH is 1. The Morgan fingerprint density at radius 2 is 2.27 bits per heavy atom. The van der Waals surface area contributed by atoms with E-state index in [1.165, 1.54) is 6.08 Å². The van der Waals surface area contributed by atoms with Gasteiger partial charge in [-0.2, -0.15) is 0 Å². The van der Waals surface area contributed by atoms with Gasteiger partial charge < -0.3 is 15.5 Å². The van der Waals surface area contributed by atoms with Crippen molar-refractivity contribution in [3.05, 3.63) is 12.7 Å². The van der Waals surface area contributed by atoms with Crippen LogP contribution in [0, 0.1) is 0 Å². The summed E-state index contributed by atoms with van der Waals surface area (Å²) in [7, 11) is 0. The molecule has 0 fully saturated rings. The van der Waals surface area contributed by atoms with E-state index in [0.717, 1.165) is 0 Å². The van der Waals surface area contributed by atoms with E-state index in [9.17, 15) is 4.79 Å². The SMILES string of the molecule is C=CC(=O)NCCCC(O)O. The monoisotopic (exact) mass is 159 g/mol. The zero-order valence-corrected chi connectivity index (χ0v) is 6.29. The van der Waals surface area contributed by atoms with Gasteiger partial charge in [-0.05, 0) is 18.9 Å². The molecule has 4 nitrogen and oxygen atoms in total. The second-order valence-electron chi connectivity index (χ2n) is 2.12. The highest BCUT2D eigenvalue weighted by Crippen LogP contribution is 1.90. The average molecular weight is 159 g/mol. The molecule has 0 aliphatic rings. The lowest BCUT2D eigenvalue weighted by molar-refractivity contribution is -0.116. The Balaban J connectivity index is 3.14. The number of amides is 1. The third-order valence-corrected chi connectivity index (χ3v) is 1.12. The molecule has 0 saturated heterocycles. The largest absolute Gasteiger partial charge is 0.368 e. The Labute approximate surface area is 65.5 Å². The van der Waals surface area contributed by atoms with Crippen LogP contribution < -0.4 is 5.32 Å². The van der Waals surface area contributed by atoms with Crippen molar-refractivity contribution in [3.63, 3.8) is 0 Å². The third-order valence-electron chi connectivity index (χ3n) is 1.12. The standard InChI is InChI=1S/C7H13NO3/c1-2-6(9)8-5-3-4-7(10)11/h2,7,10-11H,1,3-5H2,(H,8,9). The Hall–Kier alpha value is -0.870. The van der Waals surface area contributed by atoms with Crippen LogP contribution in [0.5, 0.6) is 0 Å². The molecule has 0 radical (unpaired) electrons. The lowest BCUT2D eigenvalue weighted by atomic mass is 10.3. The van der Waals surface area contributed by atoms with Crippen LogP contribution in [0.4, 0.5) is 0 Å². The van der Waals surface area contributed by atoms with Crippen LogP contribution >= 0.6 is 0 Å². The maximum absolute atomic E-state index is 10.5. The minimum Gasteiger partial charge on any atom is -0.368 e. The molecular formula is C7H13NO3. The number of nitrogens with one attached hydrogen (secondary N) is 1. The summed E-state index contributed by atoms with van der Waals surface area (Å²) in [6.45, 7) is 3.71. The van der Waals surface area contributed by atoms with E-state index in [1.54, 1.807) is 0 Å². The summed E-state index contributed by atoms with van der Waals surface area (Å²) in [6, 6.07) is 0. The number of rotatable bonds is 5. The van der Waals surface area contributed by atoms with E-state index in [4.69, 9.17) is 10.2 Å². The van der Waals surface area contributed by atoms with Gasteiger partial charge in [0.15, 0.2) is 6.29 Å². The zero-order valence-electron chi connectivity index (χ0n) is 6.29. The Morgan fingerprint density at radius 1 is 1.64 bits per heavy atom. The first-order chi connectivity index (χ1) is 5.16. The van der Waals surface area contributed by atoms with Gasteiger partial charge in [0.25, 0.3) is 0 Å². The normalized spacial score (nSPS) is 9.73. The molecule has 0 aliphatic carbocycles. The minimum absolute atomic E-state index is 0.238. The second kappa shape index (κ2) is 5.88. The van der Waals surface area contributed by atoms with Crippen molar-refractivity contribution < 1.29 is 15.0 Å². The van der Waals surface area contributed by atoms with Crippen LogP contribution in [0.15, 0.2) is 12.7 Å². The van der Waals surface area contributed by atoms with Crippen LogP contribution in [0.3, 0.4) is 0 Å². The summed E-state index contributed by atoms with van der Waals surface area (Å²) in [6.07, 6.45) is 0.722. The fraction of sp³-hybridized carbons (Fsp3) is 0.571. The van der Waals surface area contributed by atoms with Crippen LogP contribution in [0.25, 0.3) is 0 Å². The lowest BCUT2D eigenvalue weighted by Crippen LogP contribution is -2.22. The quantitative estimate of drug-likeness (QED) is 0.284. The van der Waals surface area contributed by atoms with Crippen LogP contribution in [0.1, 0.15) is 12.8 Å². The first-order valence-corrected chi connectivity index (χ1v) is 3.43. The molecule has 0 rings (SSSR count). The summed E-state index contributed by atoms with van der Waals surface area (Å²) >= 11 is 0. The molecule has 0 bridgehead atoms. The van der Waals surface area contributed by atoms with E-state index in [0.29, 0.717) is 13.0 Å². The van der Waals surface area contributed by atoms with E-state index < -0.39 is 6.29 Å².